The monoisotopic (exact) mass is 364 g/mol. The van der Waals surface area contributed by atoms with Crippen molar-refractivity contribution in [2.75, 3.05) is 13.2 Å². The summed E-state index contributed by atoms with van der Waals surface area (Å²) in [6.07, 6.45) is 0. The van der Waals surface area contributed by atoms with Gasteiger partial charge in [0, 0.05) is 18.2 Å². The highest BCUT2D eigenvalue weighted by Crippen LogP contribution is 2.22. The van der Waals surface area contributed by atoms with Gasteiger partial charge < -0.3 is 4.74 Å². The zero-order chi connectivity index (χ0) is 18.6. The number of nitro groups is 1. The Morgan fingerprint density at radius 2 is 1.72 bits per heavy atom. The average molecular weight is 364 g/mol. The summed E-state index contributed by atoms with van der Waals surface area (Å²) in [7, 11) is -3.84. The van der Waals surface area contributed by atoms with E-state index in [-0.39, 0.29) is 23.7 Å². The lowest BCUT2D eigenvalue weighted by molar-refractivity contribution is -0.385. The number of aryl methyl sites for hydroxylation is 3. The molecule has 0 aliphatic rings. The van der Waals surface area contributed by atoms with Gasteiger partial charge in [-0.3, -0.25) is 10.1 Å². The van der Waals surface area contributed by atoms with E-state index >= 15 is 0 Å². The van der Waals surface area contributed by atoms with E-state index < -0.39 is 14.9 Å². The van der Waals surface area contributed by atoms with Crippen LogP contribution in [-0.4, -0.2) is 26.5 Å². The molecule has 0 atom stereocenters. The van der Waals surface area contributed by atoms with E-state index in [1.165, 1.54) is 12.1 Å². The molecular weight excluding hydrogens is 344 g/mol. The lowest BCUT2D eigenvalue weighted by atomic mass is 10.1. The van der Waals surface area contributed by atoms with Gasteiger partial charge in [-0.05, 0) is 50.1 Å². The third-order valence-corrected chi connectivity index (χ3v) is 5.00. The molecule has 0 fully saturated rings. The van der Waals surface area contributed by atoms with Crippen molar-refractivity contribution < 1.29 is 18.1 Å². The van der Waals surface area contributed by atoms with Gasteiger partial charge in [-0.2, -0.15) is 0 Å². The Balaban J connectivity index is 2.00. The van der Waals surface area contributed by atoms with Crippen LogP contribution in [0.25, 0.3) is 0 Å². The molecule has 0 bridgehead atoms. The van der Waals surface area contributed by atoms with Gasteiger partial charge in [0.05, 0.1) is 9.82 Å². The summed E-state index contributed by atoms with van der Waals surface area (Å²) in [4.78, 5) is 10.2. The molecule has 0 heterocycles. The number of benzene rings is 2. The summed E-state index contributed by atoms with van der Waals surface area (Å²) >= 11 is 0. The minimum absolute atomic E-state index is 0.0526. The van der Waals surface area contributed by atoms with E-state index in [0.717, 1.165) is 17.2 Å². The molecule has 8 heteroatoms. The summed E-state index contributed by atoms with van der Waals surface area (Å²) < 4.78 is 32.4. The van der Waals surface area contributed by atoms with Crippen LogP contribution in [0.1, 0.15) is 16.7 Å². The molecule has 2 aromatic rings. The van der Waals surface area contributed by atoms with Gasteiger partial charge in [0.1, 0.15) is 12.4 Å². The van der Waals surface area contributed by atoms with E-state index in [9.17, 15) is 18.5 Å². The summed E-state index contributed by atoms with van der Waals surface area (Å²) in [5.41, 5.74) is 2.29. The molecule has 0 unspecified atom stereocenters. The molecule has 7 nitrogen and oxygen atoms in total. The molecule has 0 amide bonds. The Hall–Kier alpha value is -2.45. The third-order valence-electron chi connectivity index (χ3n) is 3.55. The quantitative estimate of drug-likeness (QED) is 0.463. The molecule has 0 saturated heterocycles. The number of nitro benzene ring substituents is 1. The maximum atomic E-state index is 12.2. The third kappa shape index (κ3) is 5.01. The lowest BCUT2D eigenvalue weighted by Gasteiger charge is -2.10. The van der Waals surface area contributed by atoms with Gasteiger partial charge in [0.25, 0.3) is 5.69 Å². The molecule has 2 aromatic carbocycles. The van der Waals surface area contributed by atoms with E-state index in [1.54, 1.807) is 6.92 Å². The first-order chi connectivity index (χ1) is 11.7. The topological polar surface area (TPSA) is 98.5 Å². The molecule has 25 heavy (non-hydrogen) atoms. The van der Waals surface area contributed by atoms with Crippen molar-refractivity contribution in [3.8, 4) is 5.75 Å². The molecule has 134 valence electrons. The molecule has 0 spiro atoms. The van der Waals surface area contributed by atoms with Crippen molar-refractivity contribution in [1.82, 2.24) is 4.72 Å². The zero-order valence-electron chi connectivity index (χ0n) is 14.3. The maximum absolute atomic E-state index is 12.2. The molecule has 2 rings (SSSR count). The number of nitrogens with zero attached hydrogens (tertiary/aromatic N) is 1. The first-order valence-electron chi connectivity index (χ1n) is 7.65. The largest absolute Gasteiger partial charge is 0.492 e. The van der Waals surface area contributed by atoms with Gasteiger partial charge >= 0.3 is 0 Å². The lowest BCUT2D eigenvalue weighted by Crippen LogP contribution is -2.28. The average Bonchev–Trinajstić information content (AvgIpc) is 2.50. The molecule has 0 aliphatic carbocycles. The highest BCUT2D eigenvalue weighted by Gasteiger charge is 2.19. The number of hydrogen-bond donors (Lipinski definition) is 1. The SMILES string of the molecule is Cc1cc(C)cc(OCCNS(=O)(=O)c2ccc(C)c([N+](=O)[O-])c2)c1. The number of rotatable bonds is 7. The van der Waals surface area contributed by atoms with Crippen molar-refractivity contribution in [3.05, 3.63) is 63.2 Å². The highest BCUT2D eigenvalue weighted by molar-refractivity contribution is 7.89. The first kappa shape index (κ1) is 18.9. The van der Waals surface area contributed by atoms with Gasteiger partial charge in [-0.15, -0.1) is 0 Å². The Labute approximate surface area is 146 Å². The van der Waals surface area contributed by atoms with Crippen LogP contribution >= 0.6 is 0 Å². The van der Waals surface area contributed by atoms with Gasteiger partial charge in [0.2, 0.25) is 10.0 Å². The van der Waals surface area contributed by atoms with Crippen LogP contribution in [0.2, 0.25) is 0 Å². The first-order valence-corrected chi connectivity index (χ1v) is 9.13. The van der Waals surface area contributed by atoms with E-state index in [2.05, 4.69) is 4.72 Å². The van der Waals surface area contributed by atoms with Crippen LogP contribution in [0, 0.1) is 30.9 Å². The second-order valence-electron chi connectivity index (χ2n) is 5.78. The van der Waals surface area contributed by atoms with Crippen LogP contribution in [0.3, 0.4) is 0 Å². The smallest absolute Gasteiger partial charge is 0.273 e. The summed E-state index contributed by atoms with van der Waals surface area (Å²) in [5, 5.41) is 10.9. The van der Waals surface area contributed by atoms with E-state index in [1.807, 2.05) is 32.0 Å². The molecule has 0 saturated carbocycles. The van der Waals surface area contributed by atoms with Crippen molar-refractivity contribution in [1.29, 1.82) is 0 Å². The van der Waals surface area contributed by atoms with E-state index in [0.29, 0.717) is 11.3 Å². The Morgan fingerprint density at radius 3 is 2.32 bits per heavy atom. The normalized spacial score (nSPS) is 11.3. The van der Waals surface area contributed by atoms with Crippen molar-refractivity contribution in [2.45, 2.75) is 25.7 Å². The van der Waals surface area contributed by atoms with Crippen LogP contribution in [0.15, 0.2) is 41.3 Å². The second-order valence-corrected chi connectivity index (χ2v) is 7.54. The molecule has 0 radical (unpaired) electrons. The Kier molecular flexibility index (Phi) is 5.76. The standard InChI is InChI=1S/C17H20N2O5S/c1-12-8-13(2)10-15(9-12)24-7-6-18-25(22,23)16-5-4-14(3)17(11-16)19(20)21/h4-5,8-11,18H,6-7H2,1-3H3. The van der Waals surface area contributed by atoms with Gasteiger partial charge in [0.15, 0.2) is 0 Å². The van der Waals surface area contributed by atoms with Crippen LogP contribution < -0.4 is 9.46 Å². The summed E-state index contributed by atoms with van der Waals surface area (Å²) in [6.45, 7) is 5.66. The fraction of sp³-hybridized carbons (Fsp3) is 0.294. The van der Waals surface area contributed by atoms with E-state index in [4.69, 9.17) is 4.74 Å². The van der Waals surface area contributed by atoms with Crippen LogP contribution in [0.5, 0.6) is 5.75 Å². The van der Waals surface area contributed by atoms with Gasteiger partial charge in [-0.25, -0.2) is 13.1 Å². The van der Waals surface area contributed by atoms with Crippen LogP contribution in [0.4, 0.5) is 5.69 Å². The van der Waals surface area contributed by atoms with Crippen molar-refractivity contribution in [2.24, 2.45) is 0 Å². The number of nitrogens with one attached hydrogen (secondary N) is 1. The zero-order valence-corrected chi connectivity index (χ0v) is 15.1. The highest BCUT2D eigenvalue weighted by atomic mass is 32.2. The van der Waals surface area contributed by atoms with Crippen LogP contribution in [-0.2, 0) is 10.0 Å². The predicted molar refractivity (Wildman–Crippen MR) is 94.4 cm³/mol. The number of sulfonamides is 1. The van der Waals surface area contributed by atoms with Gasteiger partial charge in [-0.1, -0.05) is 12.1 Å². The number of ether oxygens (including phenoxy) is 1. The molecular formula is C17H20N2O5S. The Morgan fingerprint density at radius 1 is 1.08 bits per heavy atom. The summed E-state index contributed by atoms with van der Waals surface area (Å²) in [6, 6.07) is 9.56. The fourth-order valence-corrected chi connectivity index (χ4v) is 3.43. The minimum atomic E-state index is -3.84. The molecule has 1 N–H and O–H groups in total. The fourth-order valence-electron chi connectivity index (χ4n) is 2.40. The minimum Gasteiger partial charge on any atom is -0.492 e. The predicted octanol–water partition coefficient (Wildman–Crippen LogP) is 2.88. The maximum Gasteiger partial charge on any atom is 0.273 e. The number of hydrogen-bond acceptors (Lipinski definition) is 5. The second kappa shape index (κ2) is 7.62. The van der Waals surface area contributed by atoms with Crippen molar-refractivity contribution >= 4 is 15.7 Å². The summed E-state index contributed by atoms with van der Waals surface area (Å²) in [5.74, 6) is 0.669. The Bertz CT molecular complexity index is 874. The van der Waals surface area contributed by atoms with Crippen molar-refractivity contribution in [3.63, 3.8) is 0 Å². The molecule has 0 aliphatic heterocycles. The molecule has 0 aromatic heterocycles.